The molecule has 3 aromatic rings. The van der Waals surface area contributed by atoms with E-state index in [0.29, 0.717) is 17.2 Å². The highest BCUT2D eigenvalue weighted by Crippen LogP contribution is 2.21. The van der Waals surface area contributed by atoms with Crippen LogP contribution in [-0.2, 0) is 0 Å². The standard InChI is InChI=1S/C23H25FN4O/c1-3-14-28(15-4-2)23(29)18-6-5-7-20(16-18)26-21-12-13-25-22(27-21)17-8-10-19(24)11-9-17/h5-13,16H,3-4,14-15H2,1-2H3,(H,25,26,27). The third-order valence-corrected chi connectivity index (χ3v) is 4.41. The monoisotopic (exact) mass is 392 g/mol. The van der Waals surface area contributed by atoms with Gasteiger partial charge in [0.25, 0.3) is 5.91 Å². The van der Waals surface area contributed by atoms with Crippen LogP contribution in [0.2, 0.25) is 0 Å². The molecule has 1 heterocycles. The predicted octanol–water partition coefficient (Wildman–Crippen LogP) is 5.29. The van der Waals surface area contributed by atoms with Gasteiger partial charge in [0, 0.05) is 36.1 Å². The highest BCUT2D eigenvalue weighted by Gasteiger charge is 2.14. The summed E-state index contributed by atoms with van der Waals surface area (Å²) in [5.41, 5.74) is 2.14. The highest BCUT2D eigenvalue weighted by molar-refractivity contribution is 5.95. The number of hydrogen-bond donors (Lipinski definition) is 1. The second-order valence-corrected chi connectivity index (χ2v) is 6.77. The van der Waals surface area contributed by atoms with Crippen molar-refractivity contribution in [1.82, 2.24) is 14.9 Å². The zero-order chi connectivity index (χ0) is 20.6. The number of rotatable bonds is 8. The number of benzene rings is 2. The number of nitrogens with zero attached hydrogens (tertiary/aromatic N) is 3. The lowest BCUT2D eigenvalue weighted by atomic mass is 10.1. The minimum absolute atomic E-state index is 0.0343. The van der Waals surface area contributed by atoms with Crippen LogP contribution in [0.3, 0.4) is 0 Å². The van der Waals surface area contributed by atoms with Crippen LogP contribution in [0.5, 0.6) is 0 Å². The van der Waals surface area contributed by atoms with Crippen molar-refractivity contribution in [3.63, 3.8) is 0 Å². The van der Waals surface area contributed by atoms with Gasteiger partial charge in [-0.15, -0.1) is 0 Å². The number of nitrogens with one attached hydrogen (secondary N) is 1. The average molecular weight is 392 g/mol. The summed E-state index contributed by atoms with van der Waals surface area (Å²) in [5.74, 6) is 0.832. The average Bonchev–Trinajstić information content (AvgIpc) is 2.74. The van der Waals surface area contributed by atoms with Gasteiger partial charge in [0.1, 0.15) is 11.6 Å². The van der Waals surface area contributed by atoms with Crippen molar-refractivity contribution >= 4 is 17.4 Å². The Hall–Kier alpha value is -3.28. The topological polar surface area (TPSA) is 58.1 Å². The second-order valence-electron chi connectivity index (χ2n) is 6.77. The van der Waals surface area contributed by atoms with Gasteiger partial charge in [-0.05, 0) is 61.4 Å². The molecule has 1 N–H and O–H groups in total. The summed E-state index contributed by atoms with van der Waals surface area (Å²) in [7, 11) is 0. The molecule has 0 saturated heterocycles. The first-order valence-electron chi connectivity index (χ1n) is 9.86. The third kappa shape index (κ3) is 5.38. The van der Waals surface area contributed by atoms with Gasteiger partial charge < -0.3 is 10.2 Å². The Kier molecular flexibility index (Phi) is 6.89. The fraction of sp³-hybridized carbons (Fsp3) is 0.261. The van der Waals surface area contributed by atoms with Crippen molar-refractivity contribution in [2.24, 2.45) is 0 Å². The highest BCUT2D eigenvalue weighted by atomic mass is 19.1. The second kappa shape index (κ2) is 9.78. The molecule has 2 aromatic carbocycles. The van der Waals surface area contributed by atoms with Crippen LogP contribution in [0, 0.1) is 5.82 Å². The summed E-state index contributed by atoms with van der Waals surface area (Å²) < 4.78 is 13.1. The van der Waals surface area contributed by atoms with Crippen LogP contribution in [-0.4, -0.2) is 33.9 Å². The van der Waals surface area contributed by atoms with E-state index in [1.807, 2.05) is 29.2 Å². The molecule has 3 rings (SSSR count). The first-order chi connectivity index (χ1) is 14.1. The molecule has 0 bridgehead atoms. The summed E-state index contributed by atoms with van der Waals surface area (Å²) in [6, 6.07) is 15.2. The summed E-state index contributed by atoms with van der Waals surface area (Å²) in [4.78, 5) is 23.5. The van der Waals surface area contributed by atoms with E-state index in [0.717, 1.165) is 37.2 Å². The largest absolute Gasteiger partial charge is 0.340 e. The number of hydrogen-bond acceptors (Lipinski definition) is 4. The van der Waals surface area contributed by atoms with Crippen LogP contribution in [0.1, 0.15) is 37.0 Å². The van der Waals surface area contributed by atoms with Crippen molar-refractivity contribution in [3.05, 3.63) is 72.2 Å². The van der Waals surface area contributed by atoms with Crippen LogP contribution in [0.25, 0.3) is 11.4 Å². The van der Waals surface area contributed by atoms with Crippen LogP contribution < -0.4 is 5.32 Å². The molecule has 0 unspecified atom stereocenters. The Labute approximate surface area is 170 Å². The van der Waals surface area contributed by atoms with Gasteiger partial charge in [0.05, 0.1) is 0 Å². The molecule has 0 fully saturated rings. The Balaban J connectivity index is 1.79. The molecule has 0 saturated carbocycles. The van der Waals surface area contributed by atoms with E-state index in [1.54, 1.807) is 24.4 Å². The number of amides is 1. The predicted molar refractivity (Wildman–Crippen MR) is 114 cm³/mol. The summed E-state index contributed by atoms with van der Waals surface area (Å²) in [6.45, 7) is 5.64. The van der Waals surface area contributed by atoms with E-state index >= 15 is 0 Å². The Morgan fingerprint density at radius 2 is 1.76 bits per heavy atom. The zero-order valence-corrected chi connectivity index (χ0v) is 16.7. The molecular formula is C23H25FN4O. The molecule has 29 heavy (non-hydrogen) atoms. The molecule has 1 aromatic heterocycles. The van der Waals surface area contributed by atoms with Gasteiger partial charge >= 0.3 is 0 Å². The summed E-state index contributed by atoms with van der Waals surface area (Å²) in [5, 5.41) is 3.23. The van der Waals surface area contributed by atoms with Crippen molar-refractivity contribution in [3.8, 4) is 11.4 Å². The Morgan fingerprint density at radius 3 is 2.45 bits per heavy atom. The fourth-order valence-corrected chi connectivity index (χ4v) is 3.08. The first kappa shape index (κ1) is 20.5. The quantitative estimate of drug-likeness (QED) is 0.566. The van der Waals surface area contributed by atoms with Crippen molar-refractivity contribution in [2.45, 2.75) is 26.7 Å². The normalized spacial score (nSPS) is 10.6. The van der Waals surface area contributed by atoms with Gasteiger partial charge in [-0.25, -0.2) is 14.4 Å². The molecule has 0 aliphatic rings. The first-order valence-corrected chi connectivity index (χ1v) is 9.86. The van der Waals surface area contributed by atoms with E-state index in [2.05, 4.69) is 29.1 Å². The maximum atomic E-state index is 13.1. The Bertz CT molecular complexity index is 953. The molecule has 0 aliphatic heterocycles. The van der Waals surface area contributed by atoms with Crippen LogP contribution in [0.15, 0.2) is 60.8 Å². The van der Waals surface area contributed by atoms with E-state index in [1.165, 1.54) is 12.1 Å². The SMILES string of the molecule is CCCN(CCC)C(=O)c1cccc(Nc2ccnc(-c3ccc(F)cc3)n2)c1. The smallest absolute Gasteiger partial charge is 0.253 e. The van der Waals surface area contributed by atoms with Crippen molar-refractivity contribution in [2.75, 3.05) is 18.4 Å². The zero-order valence-electron chi connectivity index (χ0n) is 16.7. The van der Waals surface area contributed by atoms with Gasteiger partial charge in [-0.2, -0.15) is 0 Å². The van der Waals surface area contributed by atoms with Gasteiger partial charge in [-0.1, -0.05) is 19.9 Å². The van der Waals surface area contributed by atoms with Gasteiger partial charge in [0.15, 0.2) is 5.82 Å². The number of halogens is 1. The molecule has 0 radical (unpaired) electrons. The molecular weight excluding hydrogens is 367 g/mol. The minimum Gasteiger partial charge on any atom is -0.340 e. The molecule has 0 spiro atoms. The molecule has 1 amide bonds. The van der Waals surface area contributed by atoms with Gasteiger partial charge in [-0.3, -0.25) is 4.79 Å². The summed E-state index contributed by atoms with van der Waals surface area (Å²) >= 11 is 0. The molecule has 5 nitrogen and oxygen atoms in total. The van der Waals surface area contributed by atoms with Crippen LogP contribution in [0.4, 0.5) is 15.9 Å². The lowest BCUT2D eigenvalue weighted by Crippen LogP contribution is -2.32. The van der Waals surface area contributed by atoms with E-state index in [9.17, 15) is 9.18 Å². The maximum Gasteiger partial charge on any atom is 0.253 e. The summed E-state index contributed by atoms with van der Waals surface area (Å²) in [6.07, 6.45) is 3.50. The van der Waals surface area contributed by atoms with Crippen molar-refractivity contribution < 1.29 is 9.18 Å². The maximum absolute atomic E-state index is 13.1. The fourth-order valence-electron chi connectivity index (χ4n) is 3.08. The minimum atomic E-state index is -0.301. The van der Waals surface area contributed by atoms with Crippen molar-refractivity contribution in [1.29, 1.82) is 0 Å². The number of carbonyl (C=O) groups excluding carboxylic acids is 1. The Morgan fingerprint density at radius 1 is 1.03 bits per heavy atom. The lowest BCUT2D eigenvalue weighted by Gasteiger charge is -2.21. The van der Waals surface area contributed by atoms with Gasteiger partial charge in [0.2, 0.25) is 0 Å². The van der Waals surface area contributed by atoms with Crippen LogP contribution >= 0.6 is 0 Å². The number of carbonyl (C=O) groups is 1. The number of anilines is 2. The third-order valence-electron chi connectivity index (χ3n) is 4.41. The van der Waals surface area contributed by atoms with E-state index < -0.39 is 0 Å². The van der Waals surface area contributed by atoms with E-state index in [-0.39, 0.29) is 11.7 Å². The van der Waals surface area contributed by atoms with E-state index in [4.69, 9.17) is 0 Å². The number of aromatic nitrogens is 2. The molecule has 6 heteroatoms. The molecule has 0 aliphatic carbocycles. The molecule has 150 valence electrons. The molecule has 0 atom stereocenters. The lowest BCUT2D eigenvalue weighted by molar-refractivity contribution is 0.0755.